The van der Waals surface area contributed by atoms with Gasteiger partial charge in [-0.2, -0.15) is 0 Å². The minimum absolute atomic E-state index is 0.148. The van der Waals surface area contributed by atoms with Crippen molar-refractivity contribution in [3.63, 3.8) is 0 Å². The quantitative estimate of drug-likeness (QED) is 0.444. The topological polar surface area (TPSA) is 76.1 Å². The number of hydrogen-bond donors (Lipinski definition) is 1. The lowest BCUT2D eigenvalue weighted by Gasteiger charge is -2.13. The molecule has 0 aliphatic rings. The molecule has 3 aromatic carbocycles. The lowest BCUT2D eigenvalue weighted by Crippen LogP contribution is -2.14. The third-order valence-electron chi connectivity index (χ3n) is 4.99. The molecule has 0 aliphatic heterocycles. The fraction of sp³-hybridized carbons (Fsp3) is 0.0833. The molecule has 0 bridgehead atoms. The van der Waals surface area contributed by atoms with E-state index >= 15 is 0 Å². The second-order valence-corrected chi connectivity index (χ2v) is 9.73. The molecule has 0 aliphatic carbocycles. The second kappa shape index (κ2) is 8.13. The maximum atomic E-state index is 13.3. The zero-order valence-corrected chi connectivity index (χ0v) is 18.5. The average molecular weight is 451 g/mol. The van der Waals surface area contributed by atoms with Gasteiger partial charge in [0.05, 0.1) is 21.7 Å². The van der Waals surface area contributed by atoms with Crippen molar-refractivity contribution >= 4 is 43.9 Å². The Morgan fingerprint density at radius 2 is 1.68 bits per heavy atom. The van der Waals surface area contributed by atoms with Gasteiger partial charge in [-0.1, -0.05) is 48.0 Å². The van der Waals surface area contributed by atoms with Crippen LogP contribution in [0.15, 0.2) is 77.7 Å². The molecule has 1 N–H and O–H groups in total. The number of hydrogen-bond acceptors (Lipinski definition) is 4. The number of para-hydroxylation sites is 1. The molecule has 0 atom stereocenters. The molecule has 4 aromatic rings. The minimum atomic E-state index is -3.40. The standard InChI is InChI=1S/C24H19ClN2O3S/c1-15-7-12-18(31(2,29)30)13-22(15)27-24(28)20-14-23(16-8-10-17(25)11-9-16)26-21-6-4-3-5-19(20)21/h3-14H,1-2H3,(H,27,28). The SMILES string of the molecule is Cc1ccc(S(C)(=O)=O)cc1NC(=O)c1cc(-c2ccc(Cl)cc2)nc2ccccc12. The van der Waals surface area contributed by atoms with Crippen LogP contribution in [0, 0.1) is 6.92 Å². The maximum Gasteiger partial charge on any atom is 0.256 e. The molecule has 0 saturated heterocycles. The second-order valence-electron chi connectivity index (χ2n) is 7.28. The molecule has 1 aromatic heterocycles. The Balaban J connectivity index is 1.80. The number of nitrogens with zero attached hydrogens (tertiary/aromatic N) is 1. The number of pyridine rings is 1. The molecule has 0 radical (unpaired) electrons. The number of sulfone groups is 1. The number of anilines is 1. The van der Waals surface area contributed by atoms with Crippen LogP contribution in [-0.4, -0.2) is 25.6 Å². The van der Waals surface area contributed by atoms with Gasteiger partial charge in [-0.15, -0.1) is 0 Å². The van der Waals surface area contributed by atoms with E-state index in [0.717, 1.165) is 17.4 Å². The molecule has 1 amide bonds. The minimum Gasteiger partial charge on any atom is -0.322 e. The highest BCUT2D eigenvalue weighted by atomic mass is 35.5. The molecule has 0 unspecified atom stereocenters. The fourth-order valence-corrected chi connectivity index (χ4v) is 4.06. The van der Waals surface area contributed by atoms with Crippen LogP contribution in [0.5, 0.6) is 0 Å². The summed E-state index contributed by atoms with van der Waals surface area (Å²) in [6.07, 6.45) is 1.14. The Morgan fingerprint density at radius 1 is 0.968 bits per heavy atom. The van der Waals surface area contributed by atoms with E-state index in [9.17, 15) is 13.2 Å². The summed E-state index contributed by atoms with van der Waals surface area (Å²) in [7, 11) is -3.40. The summed E-state index contributed by atoms with van der Waals surface area (Å²) in [6.45, 7) is 1.81. The summed E-state index contributed by atoms with van der Waals surface area (Å²) in [6, 6.07) is 21.0. The van der Waals surface area contributed by atoms with Crippen LogP contribution in [-0.2, 0) is 9.84 Å². The van der Waals surface area contributed by atoms with Gasteiger partial charge in [0.25, 0.3) is 5.91 Å². The first-order valence-corrected chi connectivity index (χ1v) is 11.8. The van der Waals surface area contributed by atoms with Crippen molar-refractivity contribution in [2.75, 3.05) is 11.6 Å². The van der Waals surface area contributed by atoms with E-state index in [2.05, 4.69) is 10.3 Å². The molecule has 0 saturated carbocycles. The number of rotatable bonds is 4. The predicted molar refractivity (Wildman–Crippen MR) is 124 cm³/mol. The van der Waals surface area contributed by atoms with Gasteiger partial charge in [0, 0.05) is 27.9 Å². The molecule has 7 heteroatoms. The van der Waals surface area contributed by atoms with E-state index in [4.69, 9.17) is 11.6 Å². The lowest BCUT2D eigenvalue weighted by atomic mass is 10.0. The molecule has 156 valence electrons. The van der Waals surface area contributed by atoms with E-state index in [1.54, 1.807) is 24.3 Å². The maximum absolute atomic E-state index is 13.3. The van der Waals surface area contributed by atoms with Crippen molar-refractivity contribution in [2.45, 2.75) is 11.8 Å². The molecular weight excluding hydrogens is 432 g/mol. The Labute approximate surface area is 185 Å². The normalized spacial score (nSPS) is 11.5. The summed E-state index contributed by atoms with van der Waals surface area (Å²) >= 11 is 6.00. The van der Waals surface area contributed by atoms with E-state index in [0.29, 0.717) is 32.9 Å². The van der Waals surface area contributed by atoms with Gasteiger partial charge in [-0.3, -0.25) is 4.79 Å². The van der Waals surface area contributed by atoms with Gasteiger partial charge in [0.15, 0.2) is 9.84 Å². The lowest BCUT2D eigenvalue weighted by molar-refractivity contribution is 0.102. The Morgan fingerprint density at radius 3 is 2.39 bits per heavy atom. The number of fused-ring (bicyclic) bond motifs is 1. The highest BCUT2D eigenvalue weighted by Gasteiger charge is 2.16. The third kappa shape index (κ3) is 4.45. The summed E-state index contributed by atoms with van der Waals surface area (Å²) in [5, 5.41) is 4.18. The van der Waals surface area contributed by atoms with Crippen molar-refractivity contribution in [1.29, 1.82) is 0 Å². The van der Waals surface area contributed by atoms with E-state index in [-0.39, 0.29) is 10.8 Å². The number of benzene rings is 3. The third-order valence-corrected chi connectivity index (χ3v) is 6.35. The Kier molecular flexibility index (Phi) is 5.52. The van der Waals surface area contributed by atoms with Crippen LogP contribution in [0.1, 0.15) is 15.9 Å². The van der Waals surface area contributed by atoms with Gasteiger partial charge >= 0.3 is 0 Å². The zero-order valence-electron chi connectivity index (χ0n) is 16.9. The van der Waals surface area contributed by atoms with Crippen LogP contribution in [0.2, 0.25) is 5.02 Å². The number of carbonyl (C=O) groups excluding carboxylic acids is 1. The van der Waals surface area contributed by atoms with E-state index in [1.807, 2.05) is 43.3 Å². The van der Waals surface area contributed by atoms with Gasteiger partial charge in [-0.25, -0.2) is 13.4 Å². The van der Waals surface area contributed by atoms with Crippen molar-refractivity contribution in [3.8, 4) is 11.3 Å². The summed E-state index contributed by atoms with van der Waals surface area (Å²) in [4.78, 5) is 18.1. The number of nitrogens with one attached hydrogen (secondary N) is 1. The van der Waals surface area contributed by atoms with Crippen molar-refractivity contribution in [2.24, 2.45) is 0 Å². The largest absolute Gasteiger partial charge is 0.322 e. The van der Waals surface area contributed by atoms with Gasteiger partial charge < -0.3 is 5.32 Å². The van der Waals surface area contributed by atoms with Crippen molar-refractivity contribution in [1.82, 2.24) is 4.98 Å². The van der Waals surface area contributed by atoms with Crippen molar-refractivity contribution in [3.05, 3.63) is 88.9 Å². The Bertz CT molecular complexity index is 1410. The van der Waals surface area contributed by atoms with Crippen molar-refractivity contribution < 1.29 is 13.2 Å². The van der Waals surface area contributed by atoms with Gasteiger partial charge in [-0.05, 0) is 48.9 Å². The first-order valence-electron chi connectivity index (χ1n) is 9.50. The highest BCUT2D eigenvalue weighted by molar-refractivity contribution is 7.90. The van der Waals surface area contributed by atoms with Crippen LogP contribution < -0.4 is 5.32 Å². The Hall–Kier alpha value is -3.22. The molecule has 0 spiro atoms. The number of aromatic nitrogens is 1. The molecule has 1 heterocycles. The molecular formula is C24H19ClN2O3S. The van der Waals surface area contributed by atoms with Gasteiger partial charge in [0.1, 0.15) is 0 Å². The summed E-state index contributed by atoms with van der Waals surface area (Å²) < 4.78 is 23.8. The zero-order chi connectivity index (χ0) is 22.2. The van der Waals surface area contributed by atoms with Crippen LogP contribution >= 0.6 is 11.6 Å². The average Bonchev–Trinajstić information content (AvgIpc) is 2.74. The van der Waals surface area contributed by atoms with Crippen LogP contribution in [0.25, 0.3) is 22.2 Å². The molecule has 5 nitrogen and oxygen atoms in total. The fourth-order valence-electron chi connectivity index (χ4n) is 3.29. The number of amides is 1. The van der Waals surface area contributed by atoms with Crippen LogP contribution in [0.3, 0.4) is 0 Å². The molecule has 31 heavy (non-hydrogen) atoms. The molecule has 4 rings (SSSR count). The number of halogens is 1. The van der Waals surface area contributed by atoms with Gasteiger partial charge in [0.2, 0.25) is 0 Å². The summed E-state index contributed by atoms with van der Waals surface area (Å²) in [5.41, 5.74) is 3.81. The smallest absolute Gasteiger partial charge is 0.256 e. The predicted octanol–water partition coefficient (Wildman–Crippen LogP) is 5.52. The monoisotopic (exact) mass is 450 g/mol. The van der Waals surface area contributed by atoms with E-state index in [1.165, 1.54) is 12.1 Å². The van der Waals surface area contributed by atoms with Crippen LogP contribution in [0.4, 0.5) is 5.69 Å². The highest BCUT2D eigenvalue weighted by Crippen LogP contribution is 2.27. The summed E-state index contributed by atoms with van der Waals surface area (Å²) in [5.74, 6) is -0.345. The van der Waals surface area contributed by atoms with E-state index < -0.39 is 9.84 Å². The first kappa shape index (κ1) is 21.0. The number of aryl methyl sites for hydroxylation is 1. The first-order chi connectivity index (χ1) is 14.7. The number of carbonyl (C=O) groups is 1. The molecule has 0 fully saturated rings.